The largest absolute Gasteiger partial charge is 0.355 e. The quantitative estimate of drug-likeness (QED) is 0.403. The lowest BCUT2D eigenvalue weighted by molar-refractivity contribution is 0.232. The van der Waals surface area contributed by atoms with Crippen LogP contribution < -0.4 is 10.6 Å². The van der Waals surface area contributed by atoms with Gasteiger partial charge in [0.1, 0.15) is 0 Å². The van der Waals surface area contributed by atoms with Gasteiger partial charge in [-0.1, -0.05) is 6.42 Å². The van der Waals surface area contributed by atoms with E-state index < -0.39 is 0 Å². The Morgan fingerprint density at radius 2 is 2.00 bits per heavy atom. The average molecular weight is 426 g/mol. The first-order valence-corrected chi connectivity index (χ1v) is 9.33. The van der Waals surface area contributed by atoms with Crippen LogP contribution >= 0.6 is 35.7 Å². The third kappa shape index (κ3) is 6.95. The fourth-order valence-corrected chi connectivity index (χ4v) is 3.99. The molecule has 2 rings (SSSR count). The van der Waals surface area contributed by atoms with Gasteiger partial charge in [0.2, 0.25) is 0 Å². The Bertz CT molecular complexity index is 308. The summed E-state index contributed by atoms with van der Waals surface area (Å²) in [5.41, 5.74) is 0. The molecule has 1 heterocycles. The molecule has 0 radical (unpaired) electrons. The minimum Gasteiger partial charge on any atom is -0.355 e. The Hall–Kier alpha value is 0.310. The number of hydrogen-bond acceptors (Lipinski definition) is 3. The Morgan fingerprint density at radius 3 is 2.62 bits per heavy atom. The van der Waals surface area contributed by atoms with Crippen LogP contribution in [0.25, 0.3) is 0 Å². The first-order valence-electron chi connectivity index (χ1n) is 8.04. The van der Waals surface area contributed by atoms with Crippen molar-refractivity contribution in [3.05, 3.63) is 0 Å². The van der Waals surface area contributed by atoms with E-state index in [1.54, 1.807) is 0 Å². The van der Waals surface area contributed by atoms with Crippen LogP contribution in [0, 0.1) is 0 Å². The summed E-state index contributed by atoms with van der Waals surface area (Å²) < 4.78 is 0. The molecule has 0 aromatic heterocycles. The fraction of sp³-hybridized carbons (Fsp3) is 0.933. The number of piperidine rings is 1. The molecule has 0 bridgehead atoms. The van der Waals surface area contributed by atoms with E-state index in [1.807, 2.05) is 18.8 Å². The molecule has 4 nitrogen and oxygen atoms in total. The zero-order valence-corrected chi connectivity index (χ0v) is 16.6. The molecule has 0 spiro atoms. The van der Waals surface area contributed by atoms with Crippen LogP contribution in [0.2, 0.25) is 0 Å². The second-order valence-electron chi connectivity index (χ2n) is 5.91. The van der Waals surface area contributed by atoms with Gasteiger partial charge >= 0.3 is 0 Å². The van der Waals surface area contributed by atoms with Crippen LogP contribution in [-0.4, -0.2) is 61.6 Å². The van der Waals surface area contributed by atoms with Crippen LogP contribution in [-0.2, 0) is 0 Å². The van der Waals surface area contributed by atoms with Crippen LogP contribution in [0.3, 0.4) is 0 Å². The van der Waals surface area contributed by atoms with Gasteiger partial charge in [0.25, 0.3) is 0 Å². The molecule has 2 atom stereocenters. The summed E-state index contributed by atoms with van der Waals surface area (Å²) >= 11 is 2.00. The minimum atomic E-state index is 0. The normalized spacial score (nSPS) is 27.2. The van der Waals surface area contributed by atoms with Crippen molar-refractivity contribution < 1.29 is 0 Å². The third-order valence-corrected chi connectivity index (χ3v) is 5.55. The lowest BCUT2D eigenvalue weighted by Crippen LogP contribution is -2.45. The van der Waals surface area contributed by atoms with Gasteiger partial charge in [-0.15, -0.1) is 24.0 Å². The highest BCUT2D eigenvalue weighted by atomic mass is 127. The molecule has 124 valence electrons. The van der Waals surface area contributed by atoms with Gasteiger partial charge in [-0.05, 0) is 51.4 Å². The molecule has 0 aromatic rings. The lowest BCUT2D eigenvalue weighted by atomic mass is 10.1. The molecular weight excluding hydrogens is 395 g/mol. The standard InChI is InChI=1S/C15H30N4S.HI/c1-16-15(18-13-6-7-14(12-13)20-2)17-8-11-19-9-4-3-5-10-19;/h13-14H,3-12H2,1-2H3,(H2,16,17,18);1H. The van der Waals surface area contributed by atoms with Gasteiger partial charge in [-0.3, -0.25) is 4.99 Å². The maximum absolute atomic E-state index is 4.35. The zero-order valence-electron chi connectivity index (χ0n) is 13.4. The summed E-state index contributed by atoms with van der Waals surface area (Å²) in [6.45, 7) is 4.68. The van der Waals surface area contributed by atoms with E-state index in [4.69, 9.17) is 0 Å². The topological polar surface area (TPSA) is 39.7 Å². The number of thioether (sulfide) groups is 1. The Labute approximate surface area is 151 Å². The molecule has 2 N–H and O–H groups in total. The van der Waals surface area contributed by atoms with Gasteiger partial charge in [-0.25, -0.2) is 0 Å². The first-order chi connectivity index (χ1) is 9.81. The number of guanidine groups is 1. The van der Waals surface area contributed by atoms with Gasteiger partial charge in [0.05, 0.1) is 0 Å². The summed E-state index contributed by atoms with van der Waals surface area (Å²) in [5.74, 6) is 0.980. The summed E-state index contributed by atoms with van der Waals surface area (Å²) in [6.07, 6.45) is 10.2. The number of hydrogen-bond donors (Lipinski definition) is 2. The SMILES string of the molecule is CN=C(NCCN1CCCCC1)NC1CCC(SC)C1.I. The van der Waals surface area contributed by atoms with Crippen molar-refractivity contribution in [2.45, 2.75) is 49.8 Å². The van der Waals surface area contributed by atoms with E-state index in [0.29, 0.717) is 6.04 Å². The monoisotopic (exact) mass is 426 g/mol. The molecule has 21 heavy (non-hydrogen) atoms. The predicted octanol–water partition coefficient (Wildman–Crippen LogP) is 2.54. The van der Waals surface area contributed by atoms with Crippen molar-refractivity contribution in [2.24, 2.45) is 4.99 Å². The van der Waals surface area contributed by atoms with Crippen molar-refractivity contribution in [3.63, 3.8) is 0 Å². The van der Waals surface area contributed by atoms with Gasteiger partial charge in [0.15, 0.2) is 5.96 Å². The minimum absolute atomic E-state index is 0. The smallest absolute Gasteiger partial charge is 0.191 e. The van der Waals surface area contributed by atoms with Crippen molar-refractivity contribution in [1.29, 1.82) is 0 Å². The molecule has 1 aliphatic carbocycles. The number of nitrogens with zero attached hydrogens (tertiary/aromatic N) is 2. The molecule has 2 fully saturated rings. The molecule has 2 aliphatic rings. The zero-order chi connectivity index (χ0) is 14.2. The van der Waals surface area contributed by atoms with Crippen molar-refractivity contribution >= 4 is 41.7 Å². The van der Waals surface area contributed by atoms with E-state index in [9.17, 15) is 0 Å². The molecule has 1 saturated heterocycles. The Kier molecular flexibility index (Phi) is 10.1. The number of nitrogens with one attached hydrogen (secondary N) is 2. The number of likely N-dealkylation sites (tertiary alicyclic amines) is 1. The molecule has 6 heteroatoms. The highest BCUT2D eigenvalue weighted by molar-refractivity contribution is 14.0. The van der Waals surface area contributed by atoms with Crippen LogP contribution in [0.4, 0.5) is 0 Å². The predicted molar refractivity (Wildman–Crippen MR) is 105 cm³/mol. The second kappa shape index (κ2) is 10.9. The molecule has 0 amide bonds. The average Bonchev–Trinajstić information content (AvgIpc) is 2.95. The van der Waals surface area contributed by atoms with Gasteiger partial charge in [-0.2, -0.15) is 11.8 Å². The van der Waals surface area contributed by atoms with E-state index in [1.165, 1.54) is 51.6 Å². The summed E-state index contributed by atoms with van der Waals surface area (Å²) in [4.78, 5) is 6.91. The van der Waals surface area contributed by atoms with Crippen molar-refractivity contribution in [1.82, 2.24) is 15.5 Å². The van der Waals surface area contributed by atoms with E-state index in [2.05, 4.69) is 26.8 Å². The number of halogens is 1. The van der Waals surface area contributed by atoms with Crippen molar-refractivity contribution in [2.75, 3.05) is 39.5 Å². The summed E-state index contributed by atoms with van der Waals surface area (Å²) in [5, 5.41) is 7.87. The molecular formula is C15H31IN4S. The maximum Gasteiger partial charge on any atom is 0.191 e. The molecule has 1 aliphatic heterocycles. The van der Waals surface area contributed by atoms with Crippen LogP contribution in [0.15, 0.2) is 4.99 Å². The maximum atomic E-state index is 4.35. The van der Waals surface area contributed by atoms with Crippen LogP contribution in [0.1, 0.15) is 38.5 Å². The second-order valence-corrected chi connectivity index (χ2v) is 7.05. The fourth-order valence-electron chi connectivity index (χ4n) is 3.19. The summed E-state index contributed by atoms with van der Waals surface area (Å²) in [6, 6.07) is 0.605. The van der Waals surface area contributed by atoms with E-state index >= 15 is 0 Å². The molecule has 1 saturated carbocycles. The van der Waals surface area contributed by atoms with Crippen molar-refractivity contribution in [3.8, 4) is 0 Å². The number of rotatable bonds is 5. The molecule has 0 aromatic carbocycles. The van der Waals surface area contributed by atoms with Gasteiger partial charge in [0, 0.05) is 31.4 Å². The Morgan fingerprint density at radius 1 is 1.24 bits per heavy atom. The lowest BCUT2D eigenvalue weighted by Gasteiger charge is -2.27. The molecule has 2 unspecified atom stereocenters. The highest BCUT2D eigenvalue weighted by Crippen LogP contribution is 2.27. The summed E-state index contributed by atoms with van der Waals surface area (Å²) in [7, 11) is 1.87. The van der Waals surface area contributed by atoms with E-state index in [0.717, 1.165) is 24.3 Å². The van der Waals surface area contributed by atoms with E-state index in [-0.39, 0.29) is 24.0 Å². The third-order valence-electron chi connectivity index (χ3n) is 4.45. The highest BCUT2D eigenvalue weighted by Gasteiger charge is 2.24. The van der Waals surface area contributed by atoms with Crippen LogP contribution in [0.5, 0.6) is 0 Å². The Balaban J connectivity index is 0.00000220. The first kappa shape index (κ1) is 19.4. The number of aliphatic imine (C=N–C) groups is 1. The van der Waals surface area contributed by atoms with Gasteiger partial charge < -0.3 is 15.5 Å².